The molecule has 0 radical (unpaired) electrons. The highest BCUT2D eigenvalue weighted by Gasteiger charge is 2.26. The third kappa shape index (κ3) is 4.32. The number of nitrogens with one attached hydrogen (secondary N) is 1. The van der Waals surface area contributed by atoms with Crippen molar-refractivity contribution in [3.8, 4) is 5.75 Å². The fraction of sp³-hybridized carbons (Fsp3) is 0.357. The summed E-state index contributed by atoms with van der Waals surface area (Å²) in [6, 6.07) is 1.65. The molecule has 2 rings (SSSR count). The number of aromatic nitrogens is 3. The minimum absolute atomic E-state index is 0.196. The number of halogens is 2. The topological polar surface area (TPSA) is 69.2 Å². The molecule has 0 spiro atoms. The van der Waals surface area contributed by atoms with Crippen LogP contribution in [0.4, 0.5) is 20.3 Å². The molecule has 2 aromatic heterocycles. The maximum atomic E-state index is 13.3. The Hall–Kier alpha value is -2.35. The van der Waals surface area contributed by atoms with Gasteiger partial charge in [0.25, 0.3) is 5.92 Å². The van der Waals surface area contributed by atoms with E-state index in [-0.39, 0.29) is 5.82 Å². The van der Waals surface area contributed by atoms with E-state index in [1.165, 1.54) is 12.4 Å². The van der Waals surface area contributed by atoms with Crippen molar-refractivity contribution in [3.05, 3.63) is 36.5 Å². The number of pyridine rings is 1. The van der Waals surface area contributed by atoms with Crippen molar-refractivity contribution in [3.63, 3.8) is 0 Å². The molecular weight excluding hydrogens is 294 g/mol. The van der Waals surface area contributed by atoms with Crippen molar-refractivity contribution >= 4 is 11.5 Å². The van der Waals surface area contributed by atoms with Crippen LogP contribution < -0.4 is 10.1 Å². The van der Waals surface area contributed by atoms with Crippen LogP contribution in [-0.2, 0) is 10.7 Å². The van der Waals surface area contributed by atoms with E-state index >= 15 is 0 Å². The first-order chi connectivity index (χ1) is 10.5. The minimum Gasteiger partial charge on any atom is -0.487 e. The maximum Gasteiger partial charge on any atom is 0.288 e. The third-order valence-electron chi connectivity index (χ3n) is 2.68. The van der Waals surface area contributed by atoms with Crippen LogP contribution in [0.15, 0.2) is 30.9 Å². The Morgan fingerprint density at radius 1 is 1.18 bits per heavy atom. The van der Waals surface area contributed by atoms with Crippen LogP contribution in [0, 0.1) is 0 Å². The maximum absolute atomic E-state index is 13.3. The lowest BCUT2D eigenvalue weighted by molar-refractivity contribution is 0.0125. The number of rotatable bonds is 7. The van der Waals surface area contributed by atoms with Crippen molar-refractivity contribution in [2.75, 3.05) is 25.6 Å². The van der Waals surface area contributed by atoms with Gasteiger partial charge < -0.3 is 14.8 Å². The standard InChI is InChI=1S/C14H16F2N4O2/c1-14(15,16)12-8-18-9-13(20-12)19-10-3-4-17-7-11(10)22-6-5-21-2/h3-4,7-9H,5-6H2,1-2H3,(H,17,19,20). The molecule has 0 amide bonds. The molecule has 0 aliphatic carbocycles. The molecule has 1 N–H and O–H groups in total. The number of ether oxygens (including phenoxy) is 2. The molecule has 8 heteroatoms. The zero-order valence-electron chi connectivity index (χ0n) is 12.2. The lowest BCUT2D eigenvalue weighted by Crippen LogP contribution is -2.12. The highest BCUT2D eigenvalue weighted by molar-refractivity contribution is 5.62. The number of methoxy groups -OCH3 is 1. The van der Waals surface area contributed by atoms with Gasteiger partial charge >= 0.3 is 0 Å². The number of alkyl halides is 2. The highest BCUT2D eigenvalue weighted by Crippen LogP contribution is 2.28. The Bertz CT molecular complexity index is 620. The first-order valence-corrected chi connectivity index (χ1v) is 6.54. The van der Waals surface area contributed by atoms with E-state index in [1.807, 2.05) is 0 Å². The van der Waals surface area contributed by atoms with Gasteiger partial charge in [-0.05, 0) is 6.07 Å². The van der Waals surface area contributed by atoms with Crippen LogP contribution >= 0.6 is 0 Å². The van der Waals surface area contributed by atoms with Gasteiger partial charge in [-0.25, -0.2) is 4.98 Å². The van der Waals surface area contributed by atoms with Gasteiger partial charge in [0, 0.05) is 20.2 Å². The molecule has 0 atom stereocenters. The molecule has 118 valence electrons. The zero-order chi connectivity index (χ0) is 16.0. The highest BCUT2D eigenvalue weighted by atomic mass is 19.3. The van der Waals surface area contributed by atoms with Crippen LogP contribution in [-0.4, -0.2) is 35.3 Å². The summed E-state index contributed by atoms with van der Waals surface area (Å²) in [5, 5.41) is 2.90. The average Bonchev–Trinajstić information content (AvgIpc) is 2.49. The minimum atomic E-state index is -3.05. The Morgan fingerprint density at radius 3 is 2.73 bits per heavy atom. The van der Waals surface area contributed by atoms with Gasteiger partial charge in [0.1, 0.15) is 18.1 Å². The molecular formula is C14H16F2N4O2. The molecule has 0 aliphatic heterocycles. The molecule has 0 bridgehead atoms. The molecule has 2 aromatic rings. The lowest BCUT2D eigenvalue weighted by Gasteiger charge is -2.13. The summed E-state index contributed by atoms with van der Waals surface area (Å²) in [5.74, 6) is -2.39. The first-order valence-electron chi connectivity index (χ1n) is 6.54. The predicted molar refractivity (Wildman–Crippen MR) is 76.5 cm³/mol. The van der Waals surface area contributed by atoms with E-state index in [0.29, 0.717) is 24.7 Å². The molecule has 22 heavy (non-hydrogen) atoms. The Labute approximate surface area is 126 Å². The molecule has 0 aliphatic rings. The number of nitrogens with zero attached hydrogens (tertiary/aromatic N) is 3. The number of hydrogen-bond donors (Lipinski definition) is 1. The summed E-state index contributed by atoms with van der Waals surface area (Å²) in [7, 11) is 1.57. The van der Waals surface area contributed by atoms with E-state index < -0.39 is 11.6 Å². The van der Waals surface area contributed by atoms with E-state index in [4.69, 9.17) is 9.47 Å². The Balaban J connectivity index is 2.17. The van der Waals surface area contributed by atoms with E-state index in [1.54, 1.807) is 19.4 Å². The summed E-state index contributed by atoms with van der Waals surface area (Å²) >= 11 is 0. The van der Waals surface area contributed by atoms with Gasteiger partial charge in [0.15, 0.2) is 5.75 Å². The molecule has 0 aromatic carbocycles. The van der Waals surface area contributed by atoms with Gasteiger partial charge in [0.05, 0.1) is 30.9 Å². The fourth-order valence-electron chi connectivity index (χ4n) is 1.61. The van der Waals surface area contributed by atoms with Crippen LogP contribution in [0.1, 0.15) is 12.6 Å². The molecule has 0 saturated heterocycles. The second kappa shape index (κ2) is 7.08. The SMILES string of the molecule is COCCOc1cnccc1Nc1cncc(C(C)(F)F)n1. The van der Waals surface area contributed by atoms with Crippen molar-refractivity contribution in [1.82, 2.24) is 15.0 Å². The first kappa shape index (κ1) is 16.0. The average molecular weight is 310 g/mol. The number of hydrogen-bond acceptors (Lipinski definition) is 6. The molecule has 0 saturated carbocycles. The number of anilines is 2. The summed E-state index contributed by atoms with van der Waals surface area (Å²) in [6.45, 7) is 1.54. The Morgan fingerprint density at radius 2 is 2.00 bits per heavy atom. The lowest BCUT2D eigenvalue weighted by atomic mass is 10.3. The van der Waals surface area contributed by atoms with Gasteiger partial charge in [-0.1, -0.05) is 0 Å². The van der Waals surface area contributed by atoms with Gasteiger partial charge in [0.2, 0.25) is 0 Å². The zero-order valence-corrected chi connectivity index (χ0v) is 12.2. The third-order valence-corrected chi connectivity index (χ3v) is 2.68. The molecule has 0 unspecified atom stereocenters. The predicted octanol–water partition coefficient (Wildman–Crippen LogP) is 2.75. The quantitative estimate of drug-likeness (QED) is 0.793. The summed E-state index contributed by atoms with van der Waals surface area (Å²) in [6.07, 6.45) is 5.46. The normalized spacial score (nSPS) is 11.3. The van der Waals surface area contributed by atoms with Crippen LogP contribution in [0.25, 0.3) is 0 Å². The second-order valence-electron chi connectivity index (χ2n) is 4.52. The van der Waals surface area contributed by atoms with Crippen molar-refractivity contribution in [2.45, 2.75) is 12.8 Å². The largest absolute Gasteiger partial charge is 0.487 e. The second-order valence-corrected chi connectivity index (χ2v) is 4.52. The fourth-order valence-corrected chi connectivity index (χ4v) is 1.61. The van der Waals surface area contributed by atoms with Gasteiger partial charge in [-0.2, -0.15) is 8.78 Å². The van der Waals surface area contributed by atoms with Crippen LogP contribution in [0.2, 0.25) is 0 Å². The van der Waals surface area contributed by atoms with Crippen LogP contribution in [0.5, 0.6) is 5.75 Å². The smallest absolute Gasteiger partial charge is 0.288 e. The van der Waals surface area contributed by atoms with Crippen molar-refractivity contribution in [2.24, 2.45) is 0 Å². The molecule has 6 nitrogen and oxygen atoms in total. The van der Waals surface area contributed by atoms with Crippen LogP contribution in [0.3, 0.4) is 0 Å². The van der Waals surface area contributed by atoms with Crippen molar-refractivity contribution in [1.29, 1.82) is 0 Å². The van der Waals surface area contributed by atoms with Crippen molar-refractivity contribution < 1.29 is 18.3 Å². The van der Waals surface area contributed by atoms with E-state index in [9.17, 15) is 8.78 Å². The van der Waals surface area contributed by atoms with E-state index in [0.717, 1.165) is 13.1 Å². The van der Waals surface area contributed by atoms with E-state index in [2.05, 4.69) is 20.3 Å². The van der Waals surface area contributed by atoms with Gasteiger partial charge in [-0.15, -0.1) is 0 Å². The Kier molecular flexibility index (Phi) is 5.16. The summed E-state index contributed by atoms with van der Waals surface area (Å²) in [4.78, 5) is 11.6. The molecule has 2 heterocycles. The molecule has 0 fully saturated rings. The monoisotopic (exact) mass is 310 g/mol. The summed E-state index contributed by atoms with van der Waals surface area (Å²) in [5.41, 5.74) is 0.144. The summed E-state index contributed by atoms with van der Waals surface area (Å²) < 4.78 is 37.0. The van der Waals surface area contributed by atoms with Gasteiger partial charge in [-0.3, -0.25) is 9.97 Å².